The first kappa shape index (κ1) is 12.0. The second-order valence-corrected chi connectivity index (χ2v) is 3.86. The molecule has 0 bridgehead atoms. The second-order valence-electron chi connectivity index (χ2n) is 3.86. The van der Waals surface area contributed by atoms with Gasteiger partial charge in [0.05, 0.1) is 12.7 Å². The molecule has 84 valence electrons. The predicted molar refractivity (Wildman–Crippen MR) is 57.5 cm³/mol. The molecule has 0 radical (unpaired) electrons. The predicted octanol–water partition coefficient (Wildman–Crippen LogP) is 1.57. The first-order chi connectivity index (χ1) is 6.86. The van der Waals surface area contributed by atoms with E-state index in [2.05, 4.69) is 5.32 Å². The van der Waals surface area contributed by atoms with E-state index in [9.17, 15) is 0 Å². The minimum atomic E-state index is 0.485. The number of hydrogen-bond donors (Lipinski definition) is 1. The van der Waals surface area contributed by atoms with Crippen LogP contribution in [0.25, 0.3) is 0 Å². The Morgan fingerprint density at radius 3 is 3.00 bits per heavy atom. The van der Waals surface area contributed by atoms with Gasteiger partial charge >= 0.3 is 0 Å². The van der Waals surface area contributed by atoms with Gasteiger partial charge in [-0.1, -0.05) is 0 Å². The molecule has 0 aromatic carbocycles. The number of hydrogen-bond acceptors (Lipinski definition) is 3. The summed E-state index contributed by atoms with van der Waals surface area (Å²) in [6, 6.07) is 0.485. The van der Waals surface area contributed by atoms with Crippen molar-refractivity contribution >= 4 is 0 Å². The first-order valence-electron chi connectivity index (χ1n) is 5.73. The molecule has 0 saturated carbocycles. The van der Waals surface area contributed by atoms with Crippen LogP contribution in [0.4, 0.5) is 0 Å². The summed E-state index contributed by atoms with van der Waals surface area (Å²) in [5.41, 5.74) is 0. The molecule has 1 rings (SSSR count). The maximum absolute atomic E-state index is 5.58. The van der Waals surface area contributed by atoms with Gasteiger partial charge in [0.2, 0.25) is 0 Å². The zero-order chi connectivity index (χ0) is 10.2. The van der Waals surface area contributed by atoms with E-state index in [4.69, 9.17) is 9.47 Å². The highest BCUT2D eigenvalue weighted by Gasteiger charge is 2.17. The largest absolute Gasteiger partial charge is 0.380 e. The third-order valence-electron chi connectivity index (χ3n) is 2.79. The third kappa shape index (κ3) is 4.40. The van der Waals surface area contributed by atoms with Gasteiger partial charge in [0, 0.05) is 19.3 Å². The summed E-state index contributed by atoms with van der Waals surface area (Å²) in [7, 11) is 2.00. The third-order valence-corrected chi connectivity index (χ3v) is 2.79. The molecular weight excluding hydrogens is 178 g/mol. The van der Waals surface area contributed by atoms with Crippen molar-refractivity contribution in [1.29, 1.82) is 0 Å². The first-order valence-corrected chi connectivity index (χ1v) is 5.73. The van der Waals surface area contributed by atoms with Crippen LogP contribution in [0.3, 0.4) is 0 Å². The minimum Gasteiger partial charge on any atom is -0.380 e. The maximum Gasteiger partial charge on any atom is 0.0619 e. The molecule has 1 aliphatic heterocycles. The lowest BCUT2D eigenvalue weighted by Gasteiger charge is -2.17. The van der Waals surface area contributed by atoms with Crippen LogP contribution in [-0.2, 0) is 9.47 Å². The normalized spacial score (nSPS) is 24.0. The van der Waals surface area contributed by atoms with E-state index in [1.807, 2.05) is 14.0 Å². The summed E-state index contributed by atoms with van der Waals surface area (Å²) in [5, 5.41) is 3.28. The molecule has 1 aliphatic rings. The van der Waals surface area contributed by atoms with Crippen LogP contribution in [0.15, 0.2) is 0 Å². The molecule has 0 aliphatic carbocycles. The minimum absolute atomic E-state index is 0.485. The lowest BCUT2D eigenvalue weighted by Crippen LogP contribution is -2.31. The molecule has 3 nitrogen and oxygen atoms in total. The molecule has 1 saturated heterocycles. The van der Waals surface area contributed by atoms with Gasteiger partial charge in [-0.2, -0.15) is 0 Å². The summed E-state index contributed by atoms with van der Waals surface area (Å²) >= 11 is 0. The Hall–Kier alpha value is -0.120. The Bertz CT molecular complexity index is 135. The van der Waals surface area contributed by atoms with Crippen LogP contribution in [-0.4, -0.2) is 39.0 Å². The number of likely N-dealkylation sites (N-methyl/N-ethyl adjacent to an activating group) is 1. The van der Waals surface area contributed by atoms with Gasteiger partial charge in [0.1, 0.15) is 0 Å². The van der Waals surface area contributed by atoms with Crippen LogP contribution in [0.5, 0.6) is 0 Å². The molecule has 0 amide bonds. The van der Waals surface area contributed by atoms with E-state index >= 15 is 0 Å². The topological polar surface area (TPSA) is 30.5 Å². The van der Waals surface area contributed by atoms with E-state index in [1.165, 1.54) is 19.3 Å². The Morgan fingerprint density at radius 1 is 1.57 bits per heavy atom. The summed E-state index contributed by atoms with van der Waals surface area (Å²) in [6.07, 6.45) is 5.30. The quantitative estimate of drug-likeness (QED) is 0.678. The highest BCUT2D eigenvalue weighted by molar-refractivity contribution is 4.70. The summed E-state index contributed by atoms with van der Waals surface area (Å²) in [5.74, 6) is 0. The van der Waals surface area contributed by atoms with Gasteiger partial charge in [-0.05, 0) is 39.7 Å². The van der Waals surface area contributed by atoms with Crippen LogP contribution < -0.4 is 5.32 Å². The molecule has 2 atom stereocenters. The van der Waals surface area contributed by atoms with Crippen molar-refractivity contribution in [1.82, 2.24) is 5.32 Å². The van der Waals surface area contributed by atoms with Gasteiger partial charge in [0.25, 0.3) is 0 Å². The zero-order valence-corrected chi connectivity index (χ0v) is 9.42. The Labute approximate surface area is 87.2 Å². The molecule has 2 unspecified atom stereocenters. The lowest BCUT2D eigenvalue weighted by atomic mass is 10.1. The van der Waals surface area contributed by atoms with Gasteiger partial charge < -0.3 is 14.8 Å². The Kier molecular flexibility index (Phi) is 6.15. The fraction of sp³-hybridized carbons (Fsp3) is 1.00. The summed E-state index contributed by atoms with van der Waals surface area (Å²) < 4.78 is 11.0. The zero-order valence-electron chi connectivity index (χ0n) is 9.42. The highest BCUT2D eigenvalue weighted by atomic mass is 16.5. The summed E-state index contributed by atoms with van der Waals surface area (Å²) in [6.45, 7) is 4.62. The Balaban J connectivity index is 2.06. The van der Waals surface area contributed by atoms with Crippen molar-refractivity contribution in [2.75, 3.05) is 26.9 Å². The molecule has 14 heavy (non-hydrogen) atoms. The van der Waals surface area contributed by atoms with E-state index in [0.717, 1.165) is 26.2 Å². The van der Waals surface area contributed by atoms with Gasteiger partial charge in [0.15, 0.2) is 0 Å². The molecule has 1 fully saturated rings. The average molecular weight is 201 g/mol. The van der Waals surface area contributed by atoms with Crippen LogP contribution in [0.1, 0.15) is 32.6 Å². The molecule has 0 aromatic rings. The van der Waals surface area contributed by atoms with E-state index in [-0.39, 0.29) is 0 Å². The Morgan fingerprint density at radius 2 is 2.43 bits per heavy atom. The van der Waals surface area contributed by atoms with Gasteiger partial charge in [-0.15, -0.1) is 0 Å². The summed E-state index contributed by atoms with van der Waals surface area (Å²) in [4.78, 5) is 0. The molecule has 1 N–H and O–H groups in total. The van der Waals surface area contributed by atoms with E-state index < -0.39 is 0 Å². The van der Waals surface area contributed by atoms with Crippen molar-refractivity contribution in [3.05, 3.63) is 0 Å². The number of ether oxygens (including phenoxy) is 2. The molecule has 0 spiro atoms. The van der Waals surface area contributed by atoms with Gasteiger partial charge in [-0.3, -0.25) is 0 Å². The fourth-order valence-corrected chi connectivity index (χ4v) is 1.83. The van der Waals surface area contributed by atoms with Crippen LogP contribution in [0, 0.1) is 0 Å². The van der Waals surface area contributed by atoms with Crippen molar-refractivity contribution < 1.29 is 9.47 Å². The SMILES string of the molecule is CCOCC(CCC1CCCO1)NC. The molecule has 1 heterocycles. The number of rotatable bonds is 7. The van der Waals surface area contributed by atoms with E-state index in [1.54, 1.807) is 0 Å². The monoisotopic (exact) mass is 201 g/mol. The highest BCUT2D eigenvalue weighted by Crippen LogP contribution is 2.17. The van der Waals surface area contributed by atoms with Crippen molar-refractivity contribution in [2.24, 2.45) is 0 Å². The van der Waals surface area contributed by atoms with Crippen molar-refractivity contribution in [3.8, 4) is 0 Å². The molecule has 0 aromatic heterocycles. The standard InChI is InChI=1S/C11H23NO2/c1-3-13-9-10(12-2)6-7-11-5-4-8-14-11/h10-12H,3-9H2,1-2H3. The smallest absolute Gasteiger partial charge is 0.0619 e. The van der Waals surface area contributed by atoms with Crippen LogP contribution >= 0.6 is 0 Å². The van der Waals surface area contributed by atoms with Crippen molar-refractivity contribution in [2.45, 2.75) is 44.8 Å². The maximum atomic E-state index is 5.58. The van der Waals surface area contributed by atoms with Crippen LogP contribution in [0.2, 0.25) is 0 Å². The van der Waals surface area contributed by atoms with Crippen molar-refractivity contribution in [3.63, 3.8) is 0 Å². The average Bonchev–Trinajstić information content (AvgIpc) is 2.71. The fourth-order valence-electron chi connectivity index (χ4n) is 1.83. The molecule has 3 heteroatoms. The lowest BCUT2D eigenvalue weighted by molar-refractivity contribution is 0.0869. The second kappa shape index (κ2) is 7.21. The van der Waals surface area contributed by atoms with E-state index in [0.29, 0.717) is 12.1 Å². The molecular formula is C11H23NO2. The van der Waals surface area contributed by atoms with Gasteiger partial charge in [-0.25, -0.2) is 0 Å². The number of nitrogens with one attached hydrogen (secondary N) is 1.